The van der Waals surface area contributed by atoms with Crippen LogP contribution in [0.2, 0.25) is 5.02 Å². The summed E-state index contributed by atoms with van der Waals surface area (Å²) in [6.07, 6.45) is 1.52. The number of carbonyl (C=O) groups excluding carboxylic acids is 3. The van der Waals surface area contributed by atoms with Crippen LogP contribution < -0.4 is 20.1 Å². The fraction of sp³-hybridized carbons (Fsp3) is 0.0800. The summed E-state index contributed by atoms with van der Waals surface area (Å²) in [4.78, 5) is 37.4. The highest BCUT2D eigenvalue weighted by Gasteiger charge is 2.18. The van der Waals surface area contributed by atoms with Crippen molar-refractivity contribution >= 4 is 41.0 Å². The number of hydrogen-bond acceptors (Lipinski definition) is 5. The maximum atomic E-state index is 13.1. The van der Waals surface area contributed by atoms with Crippen LogP contribution in [0.1, 0.15) is 33.2 Å². The molecule has 2 amide bonds. The van der Waals surface area contributed by atoms with Crippen LogP contribution in [0, 0.1) is 0 Å². The Morgan fingerprint density at radius 1 is 0.939 bits per heavy atom. The molecule has 0 saturated carbocycles. The van der Waals surface area contributed by atoms with Gasteiger partial charge in [-0.2, -0.15) is 0 Å². The maximum Gasteiger partial charge on any atom is 0.272 e. The van der Waals surface area contributed by atoms with Crippen molar-refractivity contribution in [3.63, 3.8) is 0 Å². The lowest BCUT2D eigenvalue weighted by atomic mass is 10.1. The highest BCUT2D eigenvalue weighted by atomic mass is 35.5. The minimum absolute atomic E-state index is 0.00516. The third kappa shape index (κ3) is 5.22. The molecule has 0 radical (unpaired) electrons. The lowest BCUT2D eigenvalue weighted by Crippen LogP contribution is -2.31. The third-order valence-corrected chi connectivity index (χ3v) is 5.20. The summed E-state index contributed by atoms with van der Waals surface area (Å²) in [5, 5.41) is 5.63. The predicted molar refractivity (Wildman–Crippen MR) is 125 cm³/mol. The quantitative estimate of drug-likeness (QED) is 0.409. The van der Waals surface area contributed by atoms with Crippen LogP contribution in [-0.4, -0.2) is 24.4 Å². The van der Waals surface area contributed by atoms with Gasteiger partial charge in [0, 0.05) is 11.3 Å². The number of amides is 2. The van der Waals surface area contributed by atoms with E-state index in [2.05, 4.69) is 10.6 Å². The van der Waals surface area contributed by atoms with Gasteiger partial charge in [0.15, 0.2) is 17.3 Å². The summed E-state index contributed by atoms with van der Waals surface area (Å²) in [7, 11) is 0. The second-order valence-corrected chi connectivity index (χ2v) is 7.60. The number of benzene rings is 3. The second kappa shape index (κ2) is 9.58. The summed E-state index contributed by atoms with van der Waals surface area (Å²) in [6.45, 7) is 1.58. The summed E-state index contributed by atoms with van der Waals surface area (Å²) in [6, 6.07) is 18.2. The van der Waals surface area contributed by atoms with Gasteiger partial charge in [-0.05, 0) is 67.1 Å². The average molecular weight is 463 g/mol. The molecule has 1 aliphatic heterocycles. The predicted octanol–water partition coefficient (Wildman–Crippen LogP) is 4.68. The molecular formula is C25H19ClN2O5. The van der Waals surface area contributed by atoms with Crippen LogP contribution in [0.4, 0.5) is 5.69 Å². The van der Waals surface area contributed by atoms with E-state index < -0.39 is 11.8 Å². The molecule has 0 aromatic heterocycles. The van der Waals surface area contributed by atoms with Crippen LogP contribution in [-0.2, 0) is 4.79 Å². The van der Waals surface area contributed by atoms with Crippen molar-refractivity contribution in [2.75, 3.05) is 12.1 Å². The van der Waals surface area contributed by atoms with Crippen molar-refractivity contribution in [1.29, 1.82) is 0 Å². The molecule has 2 N–H and O–H groups in total. The third-order valence-electron chi connectivity index (χ3n) is 4.87. The van der Waals surface area contributed by atoms with Gasteiger partial charge < -0.3 is 20.1 Å². The Hall–Kier alpha value is -4.10. The first-order valence-corrected chi connectivity index (χ1v) is 10.4. The lowest BCUT2D eigenvalue weighted by Gasteiger charge is -2.12. The number of Topliss-reactive ketones (excluding diaryl/α,β-unsaturated/α-hetero) is 1. The fourth-order valence-electron chi connectivity index (χ4n) is 3.15. The minimum atomic E-state index is -0.552. The van der Waals surface area contributed by atoms with Gasteiger partial charge in [-0.25, -0.2) is 0 Å². The van der Waals surface area contributed by atoms with E-state index in [1.807, 2.05) is 0 Å². The van der Waals surface area contributed by atoms with E-state index in [1.54, 1.807) is 66.7 Å². The van der Waals surface area contributed by atoms with E-state index in [4.69, 9.17) is 21.1 Å². The van der Waals surface area contributed by atoms with E-state index in [0.717, 1.165) is 0 Å². The molecular weight excluding hydrogens is 444 g/mol. The normalized spacial score (nSPS) is 12.2. The first-order chi connectivity index (χ1) is 15.9. The average Bonchev–Trinajstić information content (AvgIpc) is 3.27. The number of fused-ring (bicyclic) bond motifs is 1. The van der Waals surface area contributed by atoms with E-state index >= 15 is 0 Å². The molecule has 4 rings (SSSR count). The van der Waals surface area contributed by atoms with E-state index in [-0.39, 0.29) is 28.9 Å². The van der Waals surface area contributed by atoms with Crippen LogP contribution in [0.25, 0.3) is 6.08 Å². The van der Waals surface area contributed by atoms with E-state index in [0.29, 0.717) is 28.3 Å². The highest BCUT2D eigenvalue weighted by Crippen LogP contribution is 2.33. The molecule has 33 heavy (non-hydrogen) atoms. The first kappa shape index (κ1) is 22.1. The Balaban J connectivity index is 1.62. The van der Waals surface area contributed by atoms with Gasteiger partial charge in [0.2, 0.25) is 6.79 Å². The van der Waals surface area contributed by atoms with Gasteiger partial charge in [0.25, 0.3) is 11.8 Å². The molecule has 3 aromatic rings. The van der Waals surface area contributed by atoms with Crippen molar-refractivity contribution in [1.82, 2.24) is 5.32 Å². The summed E-state index contributed by atoms with van der Waals surface area (Å²) in [5.74, 6) is -0.0221. The molecule has 0 atom stereocenters. The summed E-state index contributed by atoms with van der Waals surface area (Å²) in [5.41, 5.74) is 1.84. The van der Waals surface area contributed by atoms with Crippen LogP contribution in [0.15, 0.2) is 72.4 Å². The first-order valence-electron chi connectivity index (χ1n) is 10.0. The standard InChI is InChI=1S/C25H19ClN2O5/c1-15(29)17-7-9-18(10-8-17)27-25(31)21(28-24(30)19-4-2-3-5-20(19)26)12-16-6-11-22-23(13-16)33-14-32-22/h2-13H,14H2,1H3,(H,27,31)(H,28,30)/b21-12+. The SMILES string of the molecule is CC(=O)c1ccc(NC(=O)/C(=C\c2ccc3c(c2)OCO3)NC(=O)c2ccccc2Cl)cc1. The molecule has 1 aliphatic rings. The summed E-state index contributed by atoms with van der Waals surface area (Å²) >= 11 is 6.14. The van der Waals surface area contributed by atoms with Gasteiger partial charge in [-0.1, -0.05) is 29.8 Å². The van der Waals surface area contributed by atoms with E-state index in [9.17, 15) is 14.4 Å². The van der Waals surface area contributed by atoms with Crippen molar-refractivity contribution in [3.05, 3.63) is 94.1 Å². The Labute approximate surface area is 195 Å². The number of hydrogen-bond donors (Lipinski definition) is 2. The molecule has 7 nitrogen and oxygen atoms in total. The topological polar surface area (TPSA) is 93.7 Å². The van der Waals surface area contributed by atoms with Crippen LogP contribution >= 0.6 is 11.6 Å². The van der Waals surface area contributed by atoms with Crippen LogP contribution in [0.5, 0.6) is 11.5 Å². The number of nitrogens with one attached hydrogen (secondary N) is 2. The number of rotatable bonds is 6. The number of halogens is 1. The highest BCUT2D eigenvalue weighted by molar-refractivity contribution is 6.34. The fourth-order valence-corrected chi connectivity index (χ4v) is 3.37. The van der Waals surface area contributed by atoms with Gasteiger partial charge in [0.05, 0.1) is 10.6 Å². The van der Waals surface area contributed by atoms with Crippen molar-refractivity contribution in [2.24, 2.45) is 0 Å². The Morgan fingerprint density at radius 2 is 1.67 bits per heavy atom. The zero-order chi connectivity index (χ0) is 23.4. The molecule has 166 valence electrons. The van der Waals surface area contributed by atoms with E-state index in [1.165, 1.54) is 13.0 Å². The molecule has 0 unspecified atom stereocenters. The number of ether oxygens (including phenoxy) is 2. The number of carbonyl (C=O) groups is 3. The molecule has 0 bridgehead atoms. The zero-order valence-corrected chi connectivity index (χ0v) is 18.3. The largest absolute Gasteiger partial charge is 0.454 e. The van der Waals surface area contributed by atoms with Crippen LogP contribution in [0.3, 0.4) is 0 Å². The van der Waals surface area contributed by atoms with Gasteiger partial charge in [-0.15, -0.1) is 0 Å². The number of ketones is 1. The molecule has 0 saturated heterocycles. The summed E-state index contributed by atoms with van der Waals surface area (Å²) < 4.78 is 10.7. The molecule has 3 aromatic carbocycles. The maximum absolute atomic E-state index is 13.1. The van der Waals surface area contributed by atoms with Crippen molar-refractivity contribution in [2.45, 2.75) is 6.92 Å². The second-order valence-electron chi connectivity index (χ2n) is 7.19. The lowest BCUT2D eigenvalue weighted by molar-refractivity contribution is -0.113. The Bertz CT molecular complexity index is 1270. The molecule has 1 heterocycles. The Kier molecular flexibility index (Phi) is 6.42. The van der Waals surface area contributed by atoms with Gasteiger partial charge in [0.1, 0.15) is 5.70 Å². The smallest absolute Gasteiger partial charge is 0.272 e. The monoisotopic (exact) mass is 462 g/mol. The molecule has 0 aliphatic carbocycles. The molecule has 0 spiro atoms. The van der Waals surface area contributed by atoms with Crippen molar-refractivity contribution < 1.29 is 23.9 Å². The Morgan fingerprint density at radius 3 is 2.39 bits per heavy atom. The van der Waals surface area contributed by atoms with Crippen molar-refractivity contribution in [3.8, 4) is 11.5 Å². The van der Waals surface area contributed by atoms with Gasteiger partial charge >= 0.3 is 0 Å². The minimum Gasteiger partial charge on any atom is -0.454 e. The zero-order valence-electron chi connectivity index (χ0n) is 17.6. The van der Waals surface area contributed by atoms with Gasteiger partial charge in [-0.3, -0.25) is 14.4 Å². The molecule has 0 fully saturated rings. The molecule has 8 heteroatoms. The number of anilines is 1.